The van der Waals surface area contributed by atoms with Crippen LogP contribution in [0.1, 0.15) is 38.2 Å². The van der Waals surface area contributed by atoms with Gasteiger partial charge in [0.15, 0.2) is 0 Å². The summed E-state index contributed by atoms with van der Waals surface area (Å²) in [7, 11) is 1.75. The third kappa shape index (κ3) is 4.79. The van der Waals surface area contributed by atoms with Crippen molar-refractivity contribution < 1.29 is 9.59 Å². The summed E-state index contributed by atoms with van der Waals surface area (Å²) in [5, 5.41) is 2.76. The number of benzene rings is 1. The summed E-state index contributed by atoms with van der Waals surface area (Å²) in [4.78, 5) is 26.1. The number of nitrogens with zero attached hydrogens (tertiary/aromatic N) is 1. The molecule has 2 rings (SSSR count). The Hall–Kier alpha value is -1.88. The number of nitrogens with one attached hydrogen (secondary N) is 1. The number of hydrogen-bond acceptors (Lipinski definition) is 3. The number of amides is 2. The van der Waals surface area contributed by atoms with Crippen LogP contribution in [0.25, 0.3) is 0 Å². The fourth-order valence-corrected chi connectivity index (χ4v) is 3.16. The van der Waals surface area contributed by atoms with Gasteiger partial charge in [0.25, 0.3) is 0 Å². The molecule has 0 heterocycles. The third-order valence-electron chi connectivity index (χ3n) is 4.67. The molecule has 0 aliphatic heterocycles. The zero-order valence-corrected chi connectivity index (χ0v) is 14.0. The highest BCUT2D eigenvalue weighted by atomic mass is 16.2. The number of carbonyl (C=O) groups is 2. The molecule has 3 N–H and O–H groups in total. The highest BCUT2D eigenvalue weighted by molar-refractivity contribution is 5.86. The van der Waals surface area contributed by atoms with Gasteiger partial charge in [-0.05, 0) is 25.3 Å². The van der Waals surface area contributed by atoms with Crippen LogP contribution >= 0.6 is 0 Å². The predicted molar refractivity (Wildman–Crippen MR) is 90.5 cm³/mol. The first-order valence-corrected chi connectivity index (χ1v) is 8.24. The smallest absolute Gasteiger partial charge is 0.242 e. The van der Waals surface area contributed by atoms with Gasteiger partial charge in [-0.3, -0.25) is 9.59 Å². The zero-order chi connectivity index (χ0) is 16.9. The van der Waals surface area contributed by atoms with Crippen LogP contribution in [0.15, 0.2) is 30.3 Å². The largest absolute Gasteiger partial charge is 0.347 e. The van der Waals surface area contributed by atoms with Gasteiger partial charge in [0.1, 0.15) is 0 Å². The van der Waals surface area contributed by atoms with Crippen molar-refractivity contribution in [1.82, 2.24) is 10.2 Å². The monoisotopic (exact) mass is 317 g/mol. The second kappa shape index (κ2) is 7.59. The van der Waals surface area contributed by atoms with Crippen molar-refractivity contribution in [2.45, 2.75) is 44.7 Å². The molecule has 5 nitrogen and oxygen atoms in total. The normalized spacial score (nSPS) is 24.0. The Morgan fingerprint density at radius 1 is 1.30 bits per heavy atom. The van der Waals surface area contributed by atoms with Gasteiger partial charge in [0.2, 0.25) is 11.8 Å². The second-order valence-corrected chi connectivity index (χ2v) is 6.76. The lowest BCUT2D eigenvalue weighted by atomic mass is 9.74. The van der Waals surface area contributed by atoms with E-state index in [0.717, 1.165) is 31.2 Å². The molecule has 0 spiro atoms. The molecule has 5 heteroatoms. The highest BCUT2D eigenvalue weighted by Crippen LogP contribution is 2.31. The number of nitrogens with two attached hydrogens (primary N) is 1. The molecule has 2 atom stereocenters. The van der Waals surface area contributed by atoms with E-state index in [-0.39, 0.29) is 24.3 Å². The fraction of sp³-hybridized carbons (Fsp3) is 0.556. The van der Waals surface area contributed by atoms with E-state index in [1.54, 1.807) is 11.9 Å². The Morgan fingerprint density at radius 2 is 2.00 bits per heavy atom. The molecular formula is C18H27N3O2. The van der Waals surface area contributed by atoms with Crippen LogP contribution in [-0.2, 0) is 16.1 Å². The molecule has 2 unspecified atom stereocenters. The maximum atomic E-state index is 12.3. The molecule has 23 heavy (non-hydrogen) atoms. The predicted octanol–water partition coefficient (Wildman–Crippen LogP) is 1.67. The minimum Gasteiger partial charge on any atom is -0.347 e. The van der Waals surface area contributed by atoms with E-state index < -0.39 is 5.54 Å². The van der Waals surface area contributed by atoms with Crippen LogP contribution in [0.3, 0.4) is 0 Å². The van der Waals surface area contributed by atoms with Gasteiger partial charge in [0, 0.05) is 19.1 Å². The zero-order valence-electron chi connectivity index (χ0n) is 14.0. The molecule has 0 aromatic heterocycles. The summed E-state index contributed by atoms with van der Waals surface area (Å²) in [6.07, 6.45) is 3.74. The van der Waals surface area contributed by atoms with E-state index in [1.165, 1.54) is 0 Å². The van der Waals surface area contributed by atoms with E-state index >= 15 is 0 Å². The summed E-state index contributed by atoms with van der Waals surface area (Å²) in [6, 6.07) is 9.79. The molecule has 1 aliphatic rings. The van der Waals surface area contributed by atoms with E-state index in [4.69, 9.17) is 5.73 Å². The summed E-state index contributed by atoms with van der Waals surface area (Å²) < 4.78 is 0. The van der Waals surface area contributed by atoms with Gasteiger partial charge in [-0.2, -0.15) is 0 Å². The first-order valence-electron chi connectivity index (χ1n) is 8.24. The van der Waals surface area contributed by atoms with Crippen molar-refractivity contribution in [2.24, 2.45) is 11.7 Å². The Bertz CT molecular complexity index is 542. The first-order chi connectivity index (χ1) is 10.9. The SMILES string of the molecule is CN(Cc1ccccc1)C(=O)CNC(=O)C1CCCCC1(C)N. The number of rotatable bonds is 5. The number of hydrogen-bond donors (Lipinski definition) is 2. The average Bonchev–Trinajstić information content (AvgIpc) is 2.52. The minimum absolute atomic E-state index is 0.0226. The van der Waals surface area contributed by atoms with Crippen LogP contribution in [0.2, 0.25) is 0 Å². The Balaban J connectivity index is 1.82. The first kappa shape index (κ1) is 17.5. The lowest BCUT2D eigenvalue weighted by molar-refractivity contribution is -0.134. The van der Waals surface area contributed by atoms with Gasteiger partial charge in [0.05, 0.1) is 12.5 Å². The summed E-state index contributed by atoms with van der Waals surface area (Å²) in [6.45, 7) is 2.49. The lowest BCUT2D eigenvalue weighted by Gasteiger charge is -2.37. The molecule has 126 valence electrons. The van der Waals surface area contributed by atoms with E-state index in [0.29, 0.717) is 6.54 Å². The van der Waals surface area contributed by atoms with E-state index in [9.17, 15) is 9.59 Å². The topological polar surface area (TPSA) is 75.4 Å². The third-order valence-corrected chi connectivity index (χ3v) is 4.67. The molecule has 1 aromatic rings. The molecule has 1 fully saturated rings. The van der Waals surface area contributed by atoms with Crippen molar-refractivity contribution in [3.8, 4) is 0 Å². The molecule has 0 saturated heterocycles. The van der Waals surface area contributed by atoms with Crippen LogP contribution in [0, 0.1) is 5.92 Å². The van der Waals surface area contributed by atoms with Gasteiger partial charge in [-0.15, -0.1) is 0 Å². The molecule has 1 aromatic carbocycles. The lowest BCUT2D eigenvalue weighted by Crippen LogP contribution is -2.53. The summed E-state index contributed by atoms with van der Waals surface area (Å²) in [5.74, 6) is -0.406. The van der Waals surface area contributed by atoms with Gasteiger partial charge in [-0.1, -0.05) is 43.2 Å². The maximum Gasteiger partial charge on any atom is 0.242 e. The van der Waals surface area contributed by atoms with Crippen molar-refractivity contribution >= 4 is 11.8 Å². The van der Waals surface area contributed by atoms with Crippen LogP contribution in [0.4, 0.5) is 0 Å². The molecule has 2 amide bonds. The van der Waals surface area contributed by atoms with Crippen LogP contribution in [0.5, 0.6) is 0 Å². The number of likely N-dealkylation sites (N-methyl/N-ethyl adjacent to an activating group) is 1. The molecule has 0 bridgehead atoms. The second-order valence-electron chi connectivity index (χ2n) is 6.76. The maximum absolute atomic E-state index is 12.3. The Kier molecular flexibility index (Phi) is 5.77. The van der Waals surface area contributed by atoms with E-state index in [2.05, 4.69) is 5.32 Å². The Labute approximate surface area is 138 Å². The molecule has 1 aliphatic carbocycles. The standard InChI is InChI=1S/C18H27N3O2/c1-18(19)11-7-6-10-15(18)17(23)20-12-16(22)21(2)13-14-8-4-3-5-9-14/h3-5,8-9,15H,6-7,10-13,19H2,1-2H3,(H,20,23). The van der Waals surface area contributed by atoms with Crippen LogP contribution < -0.4 is 11.1 Å². The fourth-order valence-electron chi connectivity index (χ4n) is 3.16. The van der Waals surface area contributed by atoms with Gasteiger partial charge in [-0.25, -0.2) is 0 Å². The summed E-state index contributed by atoms with van der Waals surface area (Å²) in [5.41, 5.74) is 6.83. The van der Waals surface area contributed by atoms with Crippen molar-refractivity contribution in [3.05, 3.63) is 35.9 Å². The molecule has 0 radical (unpaired) electrons. The quantitative estimate of drug-likeness (QED) is 0.867. The van der Waals surface area contributed by atoms with Crippen LogP contribution in [-0.4, -0.2) is 35.8 Å². The highest BCUT2D eigenvalue weighted by Gasteiger charge is 2.37. The molecular weight excluding hydrogens is 290 g/mol. The minimum atomic E-state index is -0.471. The Morgan fingerprint density at radius 3 is 2.65 bits per heavy atom. The van der Waals surface area contributed by atoms with Gasteiger partial charge < -0.3 is 16.0 Å². The van der Waals surface area contributed by atoms with Crippen molar-refractivity contribution in [3.63, 3.8) is 0 Å². The number of carbonyl (C=O) groups excluding carboxylic acids is 2. The van der Waals surface area contributed by atoms with E-state index in [1.807, 2.05) is 37.3 Å². The van der Waals surface area contributed by atoms with Crippen molar-refractivity contribution in [2.75, 3.05) is 13.6 Å². The average molecular weight is 317 g/mol. The molecule has 1 saturated carbocycles. The van der Waals surface area contributed by atoms with Gasteiger partial charge >= 0.3 is 0 Å². The van der Waals surface area contributed by atoms with Crippen molar-refractivity contribution in [1.29, 1.82) is 0 Å². The summed E-state index contributed by atoms with van der Waals surface area (Å²) >= 11 is 0.